The van der Waals surface area contributed by atoms with E-state index in [2.05, 4.69) is 11.7 Å². The van der Waals surface area contributed by atoms with Crippen molar-refractivity contribution in [2.75, 3.05) is 20.3 Å². The summed E-state index contributed by atoms with van der Waals surface area (Å²) in [6, 6.07) is 0. The maximum atomic E-state index is 10.5. The van der Waals surface area contributed by atoms with E-state index in [-0.39, 0.29) is 31.5 Å². The van der Waals surface area contributed by atoms with Crippen molar-refractivity contribution >= 4 is 5.97 Å². The highest BCUT2D eigenvalue weighted by Crippen LogP contribution is 2.36. The molecule has 0 spiro atoms. The molecule has 33 heavy (non-hydrogen) atoms. The third-order valence-electron chi connectivity index (χ3n) is 5.85. The molecule has 1 aliphatic carbocycles. The van der Waals surface area contributed by atoms with Crippen molar-refractivity contribution < 1.29 is 40.2 Å². The lowest BCUT2D eigenvalue weighted by Crippen LogP contribution is -2.48. The van der Waals surface area contributed by atoms with E-state index in [1.165, 1.54) is 7.11 Å². The average molecular weight is 476 g/mol. The van der Waals surface area contributed by atoms with Crippen molar-refractivity contribution in [2.45, 2.75) is 88.7 Å². The molecule has 8 N–H and O–H groups in total. The van der Waals surface area contributed by atoms with E-state index in [1.807, 2.05) is 18.2 Å². The molecule has 1 saturated carbocycles. The predicted molar refractivity (Wildman–Crippen MR) is 126 cm³/mol. The first-order valence-electron chi connectivity index (χ1n) is 11.8. The van der Waals surface area contributed by atoms with Gasteiger partial charge in [-0.1, -0.05) is 50.5 Å². The Hall–Kier alpha value is -1.33. The number of ether oxygens (including phenoxy) is 1. The van der Waals surface area contributed by atoms with Gasteiger partial charge in [-0.15, -0.1) is 0 Å². The van der Waals surface area contributed by atoms with Crippen LogP contribution in [0.3, 0.4) is 0 Å². The van der Waals surface area contributed by atoms with Crippen LogP contribution < -0.4 is 5.73 Å². The van der Waals surface area contributed by atoms with Crippen molar-refractivity contribution in [3.8, 4) is 0 Å². The SMILES string of the molecule is CCCCC[C@H](O)C=C[C@@H]1[C@@H](CC=CCCCC(=O)O)[C@@H](O)C[C@H]1O.COC(N)(CO)CO. The molecule has 0 aromatic heterocycles. The van der Waals surface area contributed by atoms with Gasteiger partial charge in [0.2, 0.25) is 0 Å². The second-order valence-electron chi connectivity index (χ2n) is 8.64. The number of allylic oxidation sites excluding steroid dienone is 2. The molecule has 9 nitrogen and oxygen atoms in total. The summed E-state index contributed by atoms with van der Waals surface area (Å²) in [4.78, 5) is 10.5. The number of rotatable bonds is 15. The smallest absolute Gasteiger partial charge is 0.303 e. The zero-order valence-electron chi connectivity index (χ0n) is 20.1. The van der Waals surface area contributed by atoms with Crippen LogP contribution in [0.2, 0.25) is 0 Å². The first-order chi connectivity index (χ1) is 15.6. The third-order valence-corrected chi connectivity index (χ3v) is 5.85. The Morgan fingerprint density at radius 2 is 1.82 bits per heavy atom. The highest BCUT2D eigenvalue weighted by molar-refractivity contribution is 5.66. The van der Waals surface area contributed by atoms with Crippen LogP contribution >= 0.6 is 0 Å². The lowest BCUT2D eigenvalue weighted by Gasteiger charge is -2.21. The Morgan fingerprint density at radius 3 is 2.33 bits per heavy atom. The quantitative estimate of drug-likeness (QED) is 0.105. The van der Waals surface area contributed by atoms with Crippen LogP contribution in [-0.2, 0) is 9.53 Å². The molecule has 0 bridgehead atoms. The Labute approximate surface area is 197 Å². The monoisotopic (exact) mass is 475 g/mol. The van der Waals surface area contributed by atoms with Gasteiger partial charge in [0.05, 0.1) is 31.5 Å². The minimum Gasteiger partial charge on any atom is -0.481 e. The molecule has 0 aromatic carbocycles. The van der Waals surface area contributed by atoms with Crippen molar-refractivity contribution in [3.05, 3.63) is 24.3 Å². The van der Waals surface area contributed by atoms with Gasteiger partial charge in [-0.05, 0) is 31.6 Å². The van der Waals surface area contributed by atoms with Gasteiger partial charge in [-0.3, -0.25) is 10.5 Å². The fourth-order valence-corrected chi connectivity index (χ4v) is 3.58. The fraction of sp³-hybridized carbons (Fsp3) is 0.792. The molecule has 0 heterocycles. The van der Waals surface area contributed by atoms with Gasteiger partial charge in [0.15, 0.2) is 5.72 Å². The second-order valence-corrected chi connectivity index (χ2v) is 8.64. The Kier molecular flexibility index (Phi) is 17.3. The Bertz CT molecular complexity index is 556. The van der Waals surface area contributed by atoms with Crippen LogP contribution in [-0.4, -0.2) is 81.0 Å². The molecule has 0 amide bonds. The van der Waals surface area contributed by atoms with E-state index in [4.69, 9.17) is 21.1 Å². The van der Waals surface area contributed by atoms with Gasteiger partial charge >= 0.3 is 5.97 Å². The van der Waals surface area contributed by atoms with Gasteiger partial charge in [0.25, 0.3) is 0 Å². The number of unbranched alkanes of at least 4 members (excludes halogenated alkanes) is 3. The number of hydrogen-bond acceptors (Lipinski definition) is 8. The van der Waals surface area contributed by atoms with E-state index >= 15 is 0 Å². The Morgan fingerprint density at radius 1 is 1.15 bits per heavy atom. The van der Waals surface area contributed by atoms with Crippen LogP contribution in [0.15, 0.2) is 24.3 Å². The number of hydrogen-bond donors (Lipinski definition) is 7. The predicted octanol–water partition coefficient (Wildman–Crippen LogP) is 1.32. The fourth-order valence-electron chi connectivity index (χ4n) is 3.58. The highest BCUT2D eigenvalue weighted by Gasteiger charge is 2.39. The second kappa shape index (κ2) is 18.1. The summed E-state index contributed by atoms with van der Waals surface area (Å²) >= 11 is 0. The minimum atomic E-state index is -1.26. The molecule has 0 unspecified atom stereocenters. The van der Waals surface area contributed by atoms with Crippen LogP contribution in [0.4, 0.5) is 0 Å². The number of aliphatic hydroxyl groups is 5. The van der Waals surface area contributed by atoms with Crippen LogP contribution in [0.1, 0.15) is 64.7 Å². The third kappa shape index (κ3) is 13.8. The van der Waals surface area contributed by atoms with E-state index in [9.17, 15) is 20.1 Å². The lowest BCUT2D eigenvalue weighted by atomic mass is 9.89. The van der Waals surface area contributed by atoms with Gasteiger partial charge in [-0.25, -0.2) is 0 Å². The summed E-state index contributed by atoms with van der Waals surface area (Å²) in [6.07, 6.45) is 12.3. The molecule has 0 radical (unpaired) electrons. The molecular weight excluding hydrogens is 430 g/mol. The van der Waals surface area contributed by atoms with E-state index in [0.29, 0.717) is 25.7 Å². The molecule has 5 atom stereocenters. The van der Waals surface area contributed by atoms with Crippen LogP contribution in [0.25, 0.3) is 0 Å². The summed E-state index contributed by atoms with van der Waals surface area (Å²) in [5.74, 6) is -1.00. The average Bonchev–Trinajstić information content (AvgIpc) is 3.06. The van der Waals surface area contributed by atoms with E-state index in [0.717, 1.165) is 25.7 Å². The summed E-state index contributed by atoms with van der Waals surface area (Å²) in [5.41, 5.74) is 3.91. The zero-order valence-corrected chi connectivity index (χ0v) is 20.1. The lowest BCUT2D eigenvalue weighted by molar-refractivity contribution is -0.137. The summed E-state index contributed by atoms with van der Waals surface area (Å²) in [5, 5.41) is 55.7. The van der Waals surface area contributed by atoms with E-state index in [1.54, 1.807) is 6.08 Å². The standard InChI is InChI=1S/C20H34O5.C4H11NO3/c1-2-3-6-9-15(21)12-13-17-16(18(22)14-19(17)23)10-7-4-5-8-11-20(24)25;1-8-4(5,2-6)3-7/h4,7,12-13,15-19,21-23H,2-3,5-6,8-11,14H2,1H3,(H,24,25);6-7H,2-3,5H2,1H3/t15-,16+,17+,18-,19+;/m0./s1. The van der Waals surface area contributed by atoms with Gasteiger partial charge in [0.1, 0.15) is 0 Å². The van der Waals surface area contributed by atoms with Crippen LogP contribution in [0, 0.1) is 11.8 Å². The number of nitrogens with two attached hydrogens (primary N) is 1. The number of carboxylic acids is 1. The first kappa shape index (κ1) is 31.7. The molecule has 1 fully saturated rings. The van der Waals surface area contributed by atoms with E-state index < -0.39 is 30.0 Å². The maximum absolute atomic E-state index is 10.5. The number of carbonyl (C=O) groups is 1. The summed E-state index contributed by atoms with van der Waals surface area (Å²) in [7, 11) is 1.33. The molecule has 1 rings (SSSR count). The number of aliphatic carboxylic acids is 1. The number of aliphatic hydroxyl groups excluding tert-OH is 5. The maximum Gasteiger partial charge on any atom is 0.303 e. The zero-order chi connectivity index (χ0) is 25.3. The molecule has 194 valence electrons. The van der Waals surface area contributed by atoms with Gasteiger partial charge in [0, 0.05) is 25.9 Å². The number of carboxylic acid groups (broad SMARTS) is 1. The van der Waals surface area contributed by atoms with Crippen molar-refractivity contribution in [1.29, 1.82) is 0 Å². The van der Waals surface area contributed by atoms with Crippen LogP contribution in [0.5, 0.6) is 0 Å². The number of methoxy groups -OCH3 is 1. The Balaban J connectivity index is 0.00000109. The first-order valence-corrected chi connectivity index (χ1v) is 11.8. The van der Waals surface area contributed by atoms with Crippen molar-refractivity contribution in [3.63, 3.8) is 0 Å². The molecule has 0 saturated heterocycles. The topological polar surface area (TPSA) is 174 Å². The summed E-state index contributed by atoms with van der Waals surface area (Å²) in [6.45, 7) is 1.37. The summed E-state index contributed by atoms with van der Waals surface area (Å²) < 4.78 is 4.51. The molecule has 0 aliphatic heterocycles. The van der Waals surface area contributed by atoms with Crippen molar-refractivity contribution in [1.82, 2.24) is 0 Å². The molecular formula is C24H45NO8. The molecule has 9 heteroatoms. The minimum absolute atomic E-state index is 0.0650. The molecule has 0 aromatic rings. The molecule has 1 aliphatic rings. The largest absolute Gasteiger partial charge is 0.481 e. The van der Waals surface area contributed by atoms with Gasteiger partial charge in [-0.2, -0.15) is 0 Å². The van der Waals surface area contributed by atoms with Gasteiger partial charge < -0.3 is 35.4 Å². The van der Waals surface area contributed by atoms with Crippen molar-refractivity contribution in [2.24, 2.45) is 17.6 Å². The highest BCUT2D eigenvalue weighted by atomic mass is 16.5. The normalized spacial score (nSPS) is 24.2.